The summed E-state index contributed by atoms with van der Waals surface area (Å²) in [6.07, 6.45) is 6.79. The molecule has 0 saturated carbocycles. The van der Waals surface area contributed by atoms with Gasteiger partial charge in [-0.25, -0.2) is 0 Å². The van der Waals surface area contributed by atoms with E-state index < -0.39 is 0 Å². The quantitative estimate of drug-likeness (QED) is 0.625. The summed E-state index contributed by atoms with van der Waals surface area (Å²) in [6, 6.07) is 10.4. The van der Waals surface area contributed by atoms with Gasteiger partial charge in [0.2, 0.25) is 0 Å². The van der Waals surface area contributed by atoms with Crippen LogP contribution in [0.1, 0.15) is 40.6 Å². The van der Waals surface area contributed by atoms with Crippen LogP contribution in [0.4, 0.5) is 0 Å². The fraction of sp³-hybridized carbons (Fsp3) is 0.385. The lowest BCUT2D eigenvalue weighted by Gasteiger charge is -1.89. The molecule has 0 bridgehead atoms. The molecule has 74 valence electrons. The monoisotopic (exact) mass is 178 g/mol. The number of unbranched alkanes of at least 4 members (excludes halogenated alkanes) is 1. The lowest BCUT2D eigenvalue weighted by atomic mass is 10.2. The summed E-state index contributed by atoms with van der Waals surface area (Å²) in [5.74, 6) is 0. The molecule has 1 aromatic carbocycles. The van der Waals surface area contributed by atoms with Crippen molar-refractivity contribution in [3.05, 3.63) is 42.0 Å². The molecule has 1 rings (SSSR count). The average molecular weight is 178 g/mol. The van der Waals surface area contributed by atoms with Crippen LogP contribution in [-0.2, 0) is 0 Å². The summed E-state index contributed by atoms with van der Waals surface area (Å²) in [7, 11) is 0. The Kier molecular flexibility index (Phi) is 8.33. The summed E-state index contributed by atoms with van der Waals surface area (Å²) in [5, 5.41) is 0. The van der Waals surface area contributed by atoms with Gasteiger partial charge in [0, 0.05) is 1.43 Å². The van der Waals surface area contributed by atoms with Gasteiger partial charge in [0.15, 0.2) is 0 Å². The fourth-order valence-electron chi connectivity index (χ4n) is 0.950. The molecule has 0 heterocycles. The largest absolute Gasteiger partial charge is 0.0840 e. The van der Waals surface area contributed by atoms with Gasteiger partial charge in [-0.05, 0) is 12.0 Å². The van der Waals surface area contributed by atoms with Crippen molar-refractivity contribution in [3.8, 4) is 0 Å². The van der Waals surface area contributed by atoms with Crippen LogP contribution in [0.3, 0.4) is 0 Å². The second-order valence-corrected chi connectivity index (χ2v) is 2.60. The first kappa shape index (κ1) is 12.0. The Morgan fingerprint density at radius 1 is 1.15 bits per heavy atom. The van der Waals surface area contributed by atoms with E-state index in [-0.39, 0.29) is 1.43 Å². The van der Waals surface area contributed by atoms with Crippen molar-refractivity contribution in [2.45, 2.75) is 33.6 Å². The molecule has 0 atom stereocenters. The van der Waals surface area contributed by atoms with Crippen molar-refractivity contribution in [2.75, 3.05) is 0 Å². The maximum absolute atomic E-state index is 2.22. The van der Waals surface area contributed by atoms with Crippen LogP contribution < -0.4 is 0 Å². The standard InChI is InChI=1S/C11H14.C2H6.H2/c1-2-3-5-8-11-9-6-4-7-10-11;1-2;/h4-10H,2-3H2,1H3;1-2H3;1H/b8-5+;;. The summed E-state index contributed by atoms with van der Waals surface area (Å²) in [6.45, 7) is 6.19. The number of benzene rings is 1. The SMILES string of the molecule is CC.CCC/C=C/c1ccccc1.[HH]. The molecule has 0 aromatic heterocycles. The predicted octanol–water partition coefficient (Wildman–Crippen LogP) is 4.77. The highest BCUT2D eigenvalue weighted by Crippen LogP contribution is 2.02. The predicted molar refractivity (Wildman–Crippen MR) is 63.8 cm³/mol. The Morgan fingerprint density at radius 3 is 2.31 bits per heavy atom. The van der Waals surface area contributed by atoms with Crippen LogP contribution in [0.2, 0.25) is 0 Å². The second-order valence-electron chi connectivity index (χ2n) is 2.60. The maximum atomic E-state index is 2.22. The van der Waals surface area contributed by atoms with Gasteiger partial charge >= 0.3 is 0 Å². The highest BCUT2D eigenvalue weighted by molar-refractivity contribution is 5.48. The second kappa shape index (κ2) is 9.05. The summed E-state index contributed by atoms with van der Waals surface area (Å²) in [5.41, 5.74) is 1.29. The van der Waals surface area contributed by atoms with Crippen LogP contribution in [0.15, 0.2) is 36.4 Å². The third-order valence-corrected chi connectivity index (χ3v) is 1.57. The third-order valence-electron chi connectivity index (χ3n) is 1.57. The Balaban J connectivity index is 0. The van der Waals surface area contributed by atoms with E-state index in [4.69, 9.17) is 0 Å². The zero-order valence-electron chi connectivity index (χ0n) is 8.96. The Hall–Kier alpha value is -1.04. The van der Waals surface area contributed by atoms with Gasteiger partial charge in [-0.2, -0.15) is 0 Å². The topological polar surface area (TPSA) is 0 Å². The number of rotatable bonds is 3. The Labute approximate surface area is 83.8 Å². The fourth-order valence-corrected chi connectivity index (χ4v) is 0.950. The van der Waals surface area contributed by atoms with Gasteiger partial charge < -0.3 is 0 Å². The first-order chi connectivity index (χ1) is 6.43. The zero-order valence-corrected chi connectivity index (χ0v) is 8.96. The highest BCUT2D eigenvalue weighted by Gasteiger charge is 1.80. The zero-order chi connectivity index (χ0) is 9.94. The molecule has 0 unspecified atom stereocenters. The van der Waals surface area contributed by atoms with Crippen molar-refractivity contribution in [3.63, 3.8) is 0 Å². The molecule has 0 spiro atoms. The minimum absolute atomic E-state index is 0. The Bertz CT molecular complexity index is 214. The maximum Gasteiger partial charge on any atom is 0 e. The lowest BCUT2D eigenvalue weighted by Crippen LogP contribution is -1.68. The van der Waals surface area contributed by atoms with Crippen molar-refractivity contribution < 1.29 is 1.43 Å². The number of hydrogen-bond acceptors (Lipinski definition) is 0. The van der Waals surface area contributed by atoms with E-state index in [9.17, 15) is 0 Å². The lowest BCUT2D eigenvalue weighted by molar-refractivity contribution is 0.962. The molecule has 0 saturated heterocycles. The molecule has 0 fully saturated rings. The van der Waals surface area contributed by atoms with E-state index in [2.05, 4.69) is 43.3 Å². The molecule has 0 amide bonds. The van der Waals surface area contributed by atoms with Gasteiger partial charge in [0.25, 0.3) is 0 Å². The highest BCUT2D eigenvalue weighted by atomic mass is 13.9. The molecule has 0 heteroatoms. The molecule has 0 aliphatic rings. The minimum Gasteiger partial charge on any atom is -0.0840 e. The number of allylic oxidation sites excluding steroid dienone is 1. The van der Waals surface area contributed by atoms with Crippen molar-refractivity contribution in [2.24, 2.45) is 0 Å². The van der Waals surface area contributed by atoms with Gasteiger partial charge in [-0.3, -0.25) is 0 Å². The van der Waals surface area contributed by atoms with Crippen molar-refractivity contribution >= 4 is 6.08 Å². The first-order valence-electron chi connectivity index (χ1n) is 5.15. The molecule has 0 radical (unpaired) electrons. The van der Waals surface area contributed by atoms with E-state index in [1.807, 2.05) is 19.9 Å². The number of hydrogen-bond donors (Lipinski definition) is 0. The average Bonchev–Trinajstić information content (AvgIpc) is 2.23. The molecule has 0 aliphatic heterocycles. The van der Waals surface area contributed by atoms with Gasteiger partial charge in [-0.15, -0.1) is 0 Å². The summed E-state index contributed by atoms with van der Waals surface area (Å²) in [4.78, 5) is 0. The van der Waals surface area contributed by atoms with Gasteiger partial charge in [0.1, 0.15) is 0 Å². The van der Waals surface area contributed by atoms with E-state index in [1.54, 1.807) is 0 Å². The van der Waals surface area contributed by atoms with Gasteiger partial charge in [0.05, 0.1) is 0 Å². The molecular weight excluding hydrogens is 156 g/mol. The van der Waals surface area contributed by atoms with Gasteiger partial charge in [-0.1, -0.05) is 69.7 Å². The minimum atomic E-state index is 0. The van der Waals surface area contributed by atoms with Crippen LogP contribution in [-0.4, -0.2) is 0 Å². The van der Waals surface area contributed by atoms with E-state index in [1.165, 1.54) is 18.4 Å². The summed E-state index contributed by atoms with van der Waals surface area (Å²) >= 11 is 0. The van der Waals surface area contributed by atoms with E-state index in [0.717, 1.165) is 0 Å². The van der Waals surface area contributed by atoms with E-state index >= 15 is 0 Å². The van der Waals surface area contributed by atoms with Crippen LogP contribution in [0, 0.1) is 0 Å². The van der Waals surface area contributed by atoms with E-state index in [0.29, 0.717) is 0 Å². The van der Waals surface area contributed by atoms with Crippen LogP contribution in [0.5, 0.6) is 0 Å². The molecular formula is C13H22. The smallest absolute Gasteiger partial charge is 0 e. The molecule has 0 aliphatic carbocycles. The van der Waals surface area contributed by atoms with Crippen molar-refractivity contribution in [1.82, 2.24) is 0 Å². The van der Waals surface area contributed by atoms with Crippen molar-refractivity contribution in [1.29, 1.82) is 0 Å². The molecule has 0 N–H and O–H groups in total. The molecule has 13 heavy (non-hydrogen) atoms. The summed E-state index contributed by atoms with van der Waals surface area (Å²) < 4.78 is 0. The molecule has 1 aromatic rings. The third kappa shape index (κ3) is 6.15. The normalized spacial score (nSPS) is 9.46. The first-order valence-corrected chi connectivity index (χ1v) is 5.15. The molecule has 0 nitrogen and oxygen atoms in total. The van der Waals surface area contributed by atoms with Crippen LogP contribution in [0.25, 0.3) is 6.08 Å². The van der Waals surface area contributed by atoms with Crippen LogP contribution >= 0.6 is 0 Å². The Morgan fingerprint density at radius 2 is 1.77 bits per heavy atom.